The zero-order chi connectivity index (χ0) is 29.2. The molecule has 1 heterocycles. The van der Waals surface area contributed by atoms with Gasteiger partial charge in [-0.15, -0.1) is 4.48 Å². The Balaban J connectivity index is 1.78. The van der Waals surface area contributed by atoms with Gasteiger partial charge in [-0.25, -0.2) is 19.0 Å². The summed E-state index contributed by atoms with van der Waals surface area (Å²) in [7, 11) is 1.50. The van der Waals surface area contributed by atoms with E-state index in [1.54, 1.807) is 20.8 Å². The van der Waals surface area contributed by atoms with Crippen molar-refractivity contribution in [3.05, 3.63) is 71.8 Å². The first-order valence-corrected chi connectivity index (χ1v) is 11.6. The van der Waals surface area contributed by atoms with Gasteiger partial charge in [0.25, 0.3) is 0 Å². The summed E-state index contributed by atoms with van der Waals surface area (Å²) in [6.07, 6.45) is -4.00. The normalized spacial score (nSPS) is 17.0. The molecule has 2 amide bonds. The summed E-state index contributed by atoms with van der Waals surface area (Å²) in [5.41, 5.74) is -2.66. The van der Waals surface area contributed by atoms with Crippen LogP contribution >= 0.6 is 0 Å². The number of esters is 1. The van der Waals surface area contributed by atoms with E-state index >= 15 is 0 Å². The van der Waals surface area contributed by atoms with E-state index in [0.717, 1.165) is 0 Å². The second kappa shape index (κ2) is 10.8. The minimum absolute atomic E-state index is 0.0700. The average Bonchev–Trinajstić information content (AvgIpc) is 3.26. The van der Waals surface area contributed by atoms with Crippen LogP contribution in [0.3, 0.4) is 0 Å². The maximum absolute atomic E-state index is 14.0. The second-order valence-corrected chi connectivity index (χ2v) is 9.58. The van der Waals surface area contributed by atoms with Crippen molar-refractivity contribution in [1.29, 1.82) is 0 Å². The quantitative estimate of drug-likeness (QED) is 0.198. The van der Waals surface area contributed by atoms with Crippen LogP contribution < -0.4 is 9.22 Å². The molecule has 208 valence electrons. The van der Waals surface area contributed by atoms with Crippen molar-refractivity contribution in [2.24, 2.45) is 4.99 Å². The molecular weight excluding hydrogens is 526 g/mol. The Hall–Kier alpha value is -4.26. The van der Waals surface area contributed by atoms with Crippen molar-refractivity contribution in [2.75, 3.05) is 13.6 Å². The number of nitrogens with zero attached hydrogens (tertiary/aromatic N) is 3. The predicted octanol–water partition coefficient (Wildman–Crippen LogP) is 6.19. The molecule has 9 nitrogen and oxygen atoms in total. The predicted molar refractivity (Wildman–Crippen MR) is 133 cm³/mol. The first-order chi connectivity index (χ1) is 18.0. The van der Waals surface area contributed by atoms with Crippen LogP contribution in [0, 0.1) is 5.82 Å². The summed E-state index contributed by atoms with van der Waals surface area (Å²) < 4.78 is 62.4. The summed E-state index contributed by atoms with van der Waals surface area (Å²) in [5.74, 6) is -2.54. The minimum Gasteiger partial charge on any atom is -0.444 e. The van der Waals surface area contributed by atoms with Crippen molar-refractivity contribution in [3.8, 4) is 5.75 Å². The van der Waals surface area contributed by atoms with Crippen LogP contribution in [0.1, 0.15) is 43.1 Å². The van der Waals surface area contributed by atoms with E-state index < -0.39 is 51.4 Å². The maximum atomic E-state index is 14.0. The Labute approximate surface area is 221 Å². The molecule has 0 aromatic heterocycles. The van der Waals surface area contributed by atoms with Crippen LogP contribution in [0.25, 0.3) is 0 Å². The molecule has 1 aliphatic rings. The summed E-state index contributed by atoms with van der Waals surface area (Å²) in [5, 5.41) is 10.1. The molecular formula is C26H26F4N3O6+. The molecule has 1 N–H and O–H groups in total. The summed E-state index contributed by atoms with van der Waals surface area (Å²) in [4.78, 5) is 42.5. The molecule has 13 heteroatoms. The fraction of sp³-hybridized carbons (Fsp3) is 0.308. The molecule has 2 aromatic carbocycles. The van der Waals surface area contributed by atoms with E-state index in [0.29, 0.717) is 18.2 Å². The molecule has 1 aliphatic heterocycles. The number of benzene rings is 2. The second-order valence-electron chi connectivity index (χ2n) is 9.58. The van der Waals surface area contributed by atoms with Gasteiger partial charge >= 0.3 is 24.3 Å². The van der Waals surface area contributed by atoms with Crippen LogP contribution in [0.15, 0.2) is 59.9 Å². The van der Waals surface area contributed by atoms with Gasteiger partial charge in [0.2, 0.25) is 5.84 Å². The minimum atomic E-state index is -4.79. The fourth-order valence-electron chi connectivity index (χ4n) is 3.63. The highest BCUT2D eigenvalue weighted by Gasteiger charge is 2.46. The third-order valence-electron chi connectivity index (χ3n) is 5.57. The number of amides is 2. The highest BCUT2D eigenvalue weighted by Crippen LogP contribution is 2.33. The molecule has 3 rings (SSSR count). The van der Waals surface area contributed by atoms with Crippen LogP contribution in [-0.4, -0.2) is 53.2 Å². The first kappa shape index (κ1) is 29.3. The number of halogens is 4. The lowest BCUT2D eigenvalue weighted by molar-refractivity contribution is -0.137. The summed E-state index contributed by atoms with van der Waals surface area (Å²) in [6.45, 7) is 5.24. The number of carbonyl (C=O) groups excluding carboxylic acids is 2. The Morgan fingerprint density at radius 1 is 1.05 bits per heavy atom. The van der Waals surface area contributed by atoms with Crippen LogP contribution in [0.2, 0.25) is 0 Å². The van der Waals surface area contributed by atoms with E-state index in [9.17, 15) is 37.1 Å². The van der Waals surface area contributed by atoms with Gasteiger partial charge in [-0.2, -0.15) is 18.0 Å². The highest BCUT2D eigenvalue weighted by molar-refractivity contribution is 6.11. The molecule has 1 atom stereocenters. The van der Waals surface area contributed by atoms with Gasteiger partial charge in [0.15, 0.2) is 5.69 Å². The van der Waals surface area contributed by atoms with Gasteiger partial charge in [-0.05, 0) is 51.1 Å². The SMILES string of the molecule is CN(CCC1=NC=C[N+]1(C(=O)O)c1ccc(OC(=O)c2cc(C(F)(F)F)ccc2F)cc1)C(=O)OC(C)(C)C. The fourth-order valence-corrected chi connectivity index (χ4v) is 3.63. The summed E-state index contributed by atoms with van der Waals surface area (Å²) in [6, 6.07) is 6.46. The Kier molecular flexibility index (Phi) is 8.15. The summed E-state index contributed by atoms with van der Waals surface area (Å²) >= 11 is 0. The molecule has 2 aromatic rings. The average molecular weight is 553 g/mol. The topological polar surface area (TPSA) is 106 Å². The van der Waals surface area contributed by atoms with Gasteiger partial charge in [-0.3, -0.25) is 0 Å². The molecule has 0 radical (unpaired) electrons. The molecule has 0 saturated carbocycles. The van der Waals surface area contributed by atoms with Crippen LogP contribution in [-0.2, 0) is 10.9 Å². The number of hydrogen-bond acceptors (Lipinski definition) is 6. The number of aliphatic imine (C=N–C) groups is 1. The lowest BCUT2D eigenvalue weighted by Gasteiger charge is -2.28. The van der Waals surface area contributed by atoms with Gasteiger partial charge in [-0.1, -0.05) is 0 Å². The Morgan fingerprint density at radius 2 is 1.69 bits per heavy atom. The highest BCUT2D eigenvalue weighted by atomic mass is 19.4. The number of carboxylic acid groups (broad SMARTS) is 1. The number of amidine groups is 1. The number of ether oxygens (including phenoxy) is 2. The van der Waals surface area contributed by atoms with E-state index in [4.69, 9.17) is 9.47 Å². The zero-order valence-corrected chi connectivity index (χ0v) is 21.5. The van der Waals surface area contributed by atoms with E-state index in [1.165, 1.54) is 48.6 Å². The van der Waals surface area contributed by atoms with Gasteiger partial charge in [0.1, 0.15) is 23.4 Å². The number of hydrogen-bond donors (Lipinski definition) is 1. The number of carbonyl (C=O) groups is 3. The third-order valence-corrected chi connectivity index (χ3v) is 5.57. The van der Waals surface area contributed by atoms with Crippen molar-refractivity contribution < 1.29 is 46.5 Å². The van der Waals surface area contributed by atoms with Gasteiger partial charge < -0.3 is 19.5 Å². The first-order valence-electron chi connectivity index (χ1n) is 11.6. The Morgan fingerprint density at radius 3 is 2.26 bits per heavy atom. The maximum Gasteiger partial charge on any atom is 0.529 e. The van der Waals surface area contributed by atoms with E-state index in [2.05, 4.69) is 4.99 Å². The largest absolute Gasteiger partial charge is 0.529 e. The molecule has 0 spiro atoms. The van der Waals surface area contributed by atoms with Crippen molar-refractivity contribution in [3.63, 3.8) is 0 Å². The molecule has 0 saturated heterocycles. The lowest BCUT2D eigenvalue weighted by atomic mass is 10.1. The zero-order valence-electron chi connectivity index (χ0n) is 21.5. The van der Waals surface area contributed by atoms with Gasteiger partial charge in [0.05, 0.1) is 23.7 Å². The van der Waals surface area contributed by atoms with Crippen LogP contribution in [0.5, 0.6) is 5.75 Å². The molecule has 0 bridgehead atoms. The van der Waals surface area contributed by atoms with Crippen molar-refractivity contribution in [1.82, 2.24) is 9.38 Å². The molecule has 0 fully saturated rings. The number of alkyl halides is 3. The third kappa shape index (κ3) is 6.60. The monoisotopic (exact) mass is 552 g/mol. The Bertz CT molecular complexity index is 1330. The molecule has 0 aliphatic carbocycles. The van der Waals surface area contributed by atoms with Crippen LogP contribution in [0.4, 0.5) is 32.8 Å². The number of rotatable bonds is 6. The van der Waals surface area contributed by atoms with Crippen molar-refractivity contribution in [2.45, 2.75) is 39.0 Å². The molecule has 39 heavy (non-hydrogen) atoms. The lowest BCUT2D eigenvalue weighted by Crippen LogP contribution is -2.52. The van der Waals surface area contributed by atoms with E-state index in [-0.39, 0.29) is 30.2 Å². The van der Waals surface area contributed by atoms with E-state index in [1.807, 2.05) is 0 Å². The molecule has 1 unspecified atom stereocenters. The van der Waals surface area contributed by atoms with Crippen molar-refractivity contribution >= 4 is 29.7 Å². The standard InChI is InChI=1S/C26H25F4N3O6/c1-25(2,3)39-23(35)32(4)13-11-21-31-12-14-33(21,24(36)37)17-6-8-18(9-7-17)38-22(34)19-15-16(26(28,29)30)5-10-20(19)27/h5-10,12,14-15H,11,13H2,1-4H3/p+1. The smallest absolute Gasteiger partial charge is 0.444 e. The van der Waals surface area contributed by atoms with Gasteiger partial charge in [0, 0.05) is 25.7 Å². The number of quaternary nitrogens is 1.